The third-order valence-electron chi connectivity index (χ3n) is 3.56. The van der Waals surface area contributed by atoms with E-state index in [0.717, 1.165) is 17.9 Å². The van der Waals surface area contributed by atoms with Crippen LogP contribution >= 0.6 is 0 Å². The molecule has 3 heteroatoms. The molecule has 1 aromatic rings. The molecule has 1 aliphatic heterocycles. The minimum Gasteiger partial charge on any atom is -0.486 e. The number of rotatable bonds is 1. The first-order chi connectivity index (χ1) is 7.84. The molecule has 3 nitrogen and oxygen atoms in total. The Balaban J connectivity index is 1.90. The Hall–Kier alpha value is -1.22. The van der Waals surface area contributed by atoms with Crippen molar-refractivity contribution in [1.82, 2.24) is 0 Å². The number of hydrogen-bond donors (Lipinski definition) is 1. The zero-order valence-electron chi connectivity index (χ0n) is 9.32. The summed E-state index contributed by atoms with van der Waals surface area (Å²) in [6.07, 6.45) is 3.57. The SMILES string of the molecule is NC1CCCC1c1ccc2c(c1)OCCO2. The van der Waals surface area contributed by atoms with Crippen molar-refractivity contribution >= 4 is 0 Å². The highest BCUT2D eigenvalue weighted by molar-refractivity contribution is 5.45. The van der Waals surface area contributed by atoms with E-state index in [9.17, 15) is 0 Å². The van der Waals surface area contributed by atoms with Gasteiger partial charge in [0.2, 0.25) is 0 Å². The first kappa shape index (κ1) is 9.97. The van der Waals surface area contributed by atoms with Crippen molar-refractivity contribution < 1.29 is 9.47 Å². The maximum Gasteiger partial charge on any atom is 0.161 e. The summed E-state index contributed by atoms with van der Waals surface area (Å²) >= 11 is 0. The quantitative estimate of drug-likeness (QED) is 0.786. The third-order valence-corrected chi connectivity index (χ3v) is 3.56. The molecule has 86 valence electrons. The van der Waals surface area contributed by atoms with Gasteiger partial charge in [0.15, 0.2) is 11.5 Å². The van der Waals surface area contributed by atoms with E-state index in [4.69, 9.17) is 15.2 Å². The van der Waals surface area contributed by atoms with Gasteiger partial charge in [-0.05, 0) is 36.5 Å². The highest BCUT2D eigenvalue weighted by Crippen LogP contribution is 2.38. The zero-order chi connectivity index (χ0) is 11.0. The monoisotopic (exact) mass is 219 g/mol. The molecular weight excluding hydrogens is 202 g/mol. The lowest BCUT2D eigenvalue weighted by atomic mass is 9.94. The molecule has 1 heterocycles. The average Bonchev–Trinajstić information content (AvgIpc) is 2.75. The van der Waals surface area contributed by atoms with Crippen LogP contribution in [0.1, 0.15) is 30.7 Å². The van der Waals surface area contributed by atoms with E-state index in [1.54, 1.807) is 0 Å². The van der Waals surface area contributed by atoms with Gasteiger partial charge in [-0.25, -0.2) is 0 Å². The van der Waals surface area contributed by atoms with E-state index in [-0.39, 0.29) is 0 Å². The first-order valence-corrected chi connectivity index (χ1v) is 6.00. The van der Waals surface area contributed by atoms with Gasteiger partial charge in [-0.3, -0.25) is 0 Å². The van der Waals surface area contributed by atoms with Gasteiger partial charge in [0.1, 0.15) is 13.2 Å². The molecule has 2 aliphatic rings. The standard InChI is InChI=1S/C13H17NO2/c14-11-3-1-2-10(11)9-4-5-12-13(8-9)16-7-6-15-12/h4-5,8,10-11H,1-3,6-7,14H2. The molecule has 3 rings (SSSR count). The molecule has 0 amide bonds. The van der Waals surface area contributed by atoms with E-state index < -0.39 is 0 Å². The summed E-state index contributed by atoms with van der Waals surface area (Å²) in [5.41, 5.74) is 7.42. The molecule has 2 atom stereocenters. The number of hydrogen-bond acceptors (Lipinski definition) is 3. The molecule has 0 radical (unpaired) electrons. The van der Waals surface area contributed by atoms with Crippen LogP contribution < -0.4 is 15.2 Å². The normalized spacial score (nSPS) is 28.1. The van der Waals surface area contributed by atoms with Gasteiger partial charge in [0.05, 0.1) is 0 Å². The number of benzene rings is 1. The fourth-order valence-electron chi connectivity index (χ4n) is 2.69. The minimum atomic E-state index is 0.308. The second kappa shape index (κ2) is 3.98. The van der Waals surface area contributed by atoms with Gasteiger partial charge in [0, 0.05) is 6.04 Å². The van der Waals surface area contributed by atoms with Crippen molar-refractivity contribution in [2.75, 3.05) is 13.2 Å². The lowest BCUT2D eigenvalue weighted by molar-refractivity contribution is 0.171. The predicted octanol–water partition coefficient (Wildman–Crippen LogP) is 2.05. The fourth-order valence-corrected chi connectivity index (χ4v) is 2.69. The van der Waals surface area contributed by atoms with E-state index in [2.05, 4.69) is 12.1 Å². The van der Waals surface area contributed by atoms with Crippen molar-refractivity contribution in [2.45, 2.75) is 31.2 Å². The molecule has 1 saturated carbocycles. The van der Waals surface area contributed by atoms with Crippen molar-refractivity contribution in [2.24, 2.45) is 5.73 Å². The highest BCUT2D eigenvalue weighted by Gasteiger charge is 2.26. The summed E-state index contributed by atoms with van der Waals surface area (Å²) in [7, 11) is 0. The molecule has 0 spiro atoms. The average molecular weight is 219 g/mol. The van der Waals surface area contributed by atoms with Gasteiger partial charge >= 0.3 is 0 Å². The van der Waals surface area contributed by atoms with Crippen molar-refractivity contribution in [3.8, 4) is 11.5 Å². The van der Waals surface area contributed by atoms with Crippen LogP contribution in [0, 0.1) is 0 Å². The molecule has 1 aliphatic carbocycles. The van der Waals surface area contributed by atoms with E-state index in [0.29, 0.717) is 25.2 Å². The Kier molecular flexibility index (Phi) is 2.48. The van der Waals surface area contributed by atoms with Crippen LogP contribution in [-0.4, -0.2) is 19.3 Å². The lowest BCUT2D eigenvalue weighted by Gasteiger charge is -2.21. The zero-order valence-corrected chi connectivity index (χ0v) is 9.32. The summed E-state index contributed by atoms with van der Waals surface area (Å²) in [5.74, 6) is 2.24. The Bertz CT molecular complexity index is 392. The first-order valence-electron chi connectivity index (χ1n) is 6.00. The molecule has 0 bridgehead atoms. The molecule has 1 fully saturated rings. The van der Waals surface area contributed by atoms with Crippen molar-refractivity contribution in [1.29, 1.82) is 0 Å². The number of ether oxygens (including phenoxy) is 2. The van der Waals surface area contributed by atoms with Gasteiger partial charge < -0.3 is 15.2 Å². The van der Waals surface area contributed by atoms with Gasteiger partial charge in [0.25, 0.3) is 0 Å². The van der Waals surface area contributed by atoms with Crippen LogP contribution in [0.4, 0.5) is 0 Å². The topological polar surface area (TPSA) is 44.5 Å². The van der Waals surface area contributed by atoms with Crippen LogP contribution in [0.3, 0.4) is 0 Å². The van der Waals surface area contributed by atoms with Gasteiger partial charge in [-0.15, -0.1) is 0 Å². The van der Waals surface area contributed by atoms with Gasteiger partial charge in [-0.1, -0.05) is 12.5 Å². The molecule has 1 aromatic carbocycles. The lowest BCUT2D eigenvalue weighted by Crippen LogP contribution is -2.23. The van der Waals surface area contributed by atoms with Crippen molar-refractivity contribution in [3.63, 3.8) is 0 Å². The van der Waals surface area contributed by atoms with Gasteiger partial charge in [-0.2, -0.15) is 0 Å². The van der Waals surface area contributed by atoms with Crippen LogP contribution in [-0.2, 0) is 0 Å². The Morgan fingerprint density at radius 3 is 2.62 bits per heavy atom. The molecule has 0 saturated heterocycles. The summed E-state index contributed by atoms with van der Waals surface area (Å²) < 4.78 is 11.1. The summed E-state index contributed by atoms with van der Waals surface area (Å²) in [5, 5.41) is 0. The predicted molar refractivity (Wildman–Crippen MR) is 62.0 cm³/mol. The summed E-state index contributed by atoms with van der Waals surface area (Å²) in [4.78, 5) is 0. The van der Waals surface area contributed by atoms with E-state index in [1.165, 1.54) is 18.4 Å². The molecule has 16 heavy (non-hydrogen) atoms. The molecular formula is C13H17NO2. The second-order valence-electron chi connectivity index (χ2n) is 4.60. The Labute approximate surface area is 95.5 Å². The highest BCUT2D eigenvalue weighted by atomic mass is 16.6. The molecule has 2 unspecified atom stereocenters. The number of fused-ring (bicyclic) bond motifs is 1. The van der Waals surface area contributed by atoms with Crippen LogP contribution in [0.15, 0.2) is 18.2 Å². The fraction of sp³-hybridized carbons (Fsp3) is 0.538. The Morgan fingerprint density at radius 2 is 1.88 bits per heavy atom. The summed E-state index contributed by atoms with van der Waals surface area (Å²) in [6.45, 7) is 1.29. The maximum absolute atomic E-state index is 6.12. The molecule has 2 N–H and O–H groups in total. The largest absolute Gasteiger partial charge is 0.486 e. The number of nitrogens with two attached hydrogens (primary N) is 1. The maximum atomic E-state index is 6.12. The van der Waals surface area contributed by atoms with Crippen LogP contribution in [0.2, 0.25) is 0 Å². The second-order valence-corrected chi connectivity index (χ2v) is 4.60. The smallest absolute Gasteiger partial charge is 0.161 e. The van der Waals surface area contributed by atoms with Crippen LogP contribution in [0.5, 0.6) is 11.5 Å². The van der Waals surface area contributed by atoms with Crippen LogP contribution in [0.25, 0.3) is 0 Å². The molecule has 0 aromatic heterocycles. The third kappa shape index (κ3) is 1.65. The summed E-state index contributed by atoms with van der Waals surface area (Å²) in [6, 6.07) is 6.55. The minimum absolute atomic E-state index is 0.308. The Morgan fingerprint density at radius 1 is 1.06 bits per heavy atom. The van der Waals surface area contributed by atoms with E-state index in [1.807, 2.05) is 6.07 Å². The van der Waals surface area contributed by atoms with E-state index >= 15 is 0 Å². The van der Waals surface area contributed by atoms with Crippen molar-refractivity contribution in [3.05, 3.63) is 23.8 Å².